The van der Waals surface area contributed by atoms with E-state index >= 15 is 0 Å². The number of anilines is 1. The van der Waals surface area contributed by atoms with Gasteiger partial charge in [0.05, 0.1) is 21.6 Å². The first kappa shape index (κ1) is 22.7. The number of non-ortho nitro benzene ring substituents is 1. The van der Waals surface area contributed by atoms with Crippen molar-refractivity contribution in [2.45, 2.75) is 20.1 Å². The summed E-state index contributed by atoms with van der Waals surface area (Å²) in [6.45, 7) is 2.84. The molecular formula is C22H19Cl2FN2O4. The van der Waals surface area contributed by atoms with Crippen LogP contribution in [-0.2, 0) is 13.2 Å². The molecule has 9 heteroatoms. The molecule has 0 saturated heterocycles. The second-order valence-electron chi connectivity index (χ2n) is 6.53. The maximum Gasteiger partial charge on any atom is 0.269 e. The van der Waals surface area contributed by atoms with Crippen LogP contribution in [0.2, 0.25) is 10.0 Å². The van der Waals surface area contributed by atoms with Gasteiger partial charge in [0.2, 0.25) is 0 Å². The summed E-state index contributed by atoms with van der Waals surface area (Å²) in [6.07, 6.45) is 0. The largest absolute Gasteiger partial charge is 0.490 e. The molecule has 3 rings (SSSR count). The fraction of sp³-hybridized carbons (Fsp3) is 0.182. The lowest BCUT2D eigenvalue weighted by Crippen LogP contribution is -2.04. The van der Waals surface area contributed by atoms with Crippen molar-refractivity contribution in [3.63, 3.8) is 0 Å². The van der Waals surface area contributed by atoms with Gasteiger partial charge in [-0.05, 0) is 60.5 Å². The monoisotopic (exact) mass is 464 g/mol. The summed E-state index contributed by atoms with van der Waals surface area (Å²) < 4.78 is 24.8. The first-order valence-electron chi connectivity index (χ1n) is 9.37. The Bertz CT molecular complexity index is 1080. The van der Waals surface area contributed by atoms with E-state index in [2.05, 4.69) is 5.32 Å². The number of halogens is 3. The minimum atomic E-state index is -0.483. The smallest absolute Gasteiger partial charge is 0.269 e. The summed E-state index contributed by atoms with van der Waals surface area (Å²) >= 11 is 12.2. The minimum Gasteiger partial charge on any atom is -0.490 e. The number of hydrogen-bond donors (Lipinski definition) is 1. The average molecular weight is 465 g/mol. The van der Waals surface area contributed by atoms with Gasteiger partial charge in [0.15, 0.2) is 11.5 Å². The Morgan fingerprint density at radius 2 is 1.74 bits per heavy atom. The van der Waals surface area contributed by atoms with Crippen LogP contribution >= 0.6 is 23.2 Å². The molecule has 0 fully saturated rings. The lowest BCUT2D eigenvalue weighted by Gasteiger charge is -2.16. The van der Waals surface area contributed by atoms with E-state index in [4.69, 9.17) is 32.7 Å². The van der Waals surface area contributed by atoms with E-state index in [9.17, 15) is 14.5 Å². The van der Waals surface area contributed by atoms with Crippen molar-refractivity contribution >= 4 is 34.6 Å². The maximum atomic E-state index is 13.3. The highest BCUT2D eigenvalue weighted by molar-refractivity contribution is 6.32. The van der Waals surface area contributed by atoms with Gasteiger partial charge in [0.1, 0.15) is 12.4 Å². The van der Waals surface area contributed by atoms with Gasteiger partial charge in [-0.3, -0.25) is 10.1 Å². The van der Waals surface area contributed by atoms with Crippen LogP contribution in [-0.4, -0.2) is 11.5 Å². The Hall–Kier alpha value is -3.03. The zero-order valence-corrected chi connectivity index (χ0v) is 18.0. The highest BCUT2D eigenvalue weighted by Crippen LogP contribution is 2.37. The lowest BCUT2D eigenvalue weighted by molar-refractivity contribution is -0.384. The van der Waals surface area contributed by atoms with E-state index in [0.29, 0.717) is 35.4 Å². The molecule has 0 heterocycles. The Balaban J connectivity index is 1.73. The van der Waals surface area contributed by atoms with Crippen LogP contribution in [0.15, 0.2) is 54.6 Å². The first-order chi connectivity index (χ1) is 14.9. The Labute approximate surface area is 188 Å². The summed E-state index contributed by atoms with van der Waals surface area (Å²) in [4.78, 5) is 10.3. The third kappa shape index (κ3) is 5.99. The van der Waals surface area contributed by atoms with Crippen molar-refractivity contribution in [3.05, 3.63) is 91.7 Å². The van der Waals surface area contributed by atoms with Crippen LogP contribution in [0.1, 0.15) is 18.1 Å². The number of ether oxygens (including phenoxy) is 2. The Morgan fingerprint density at radius 3 is 2.39 bits per heavy atom. The SMILES string of the molecule is CCOc1cc(CNc2ccc(F)c(Cl)c2)cc(Cl)c1OCc1ccc([N+](=O)[O-])cc1. The molecule has 3 aromatic rings. The van der Waals surface area contributed by atoms with E-state index in [1.807, 2.05) is 6.92 Å². The molecule has 0 aliphatic rings. The topological polar surface area (TPSA) is 73.6 Å². The number of nitro groups is 1. The molecule has 3 aromatic carbocycles. The molecule has 162 valence electrons. The quantitative estimate of drug-likeness (QED) is 0.284. The highest BCUT2D eigenvalue weighted by atomic mass is 35.5. The van der Waals surface area contributed by atoms with Gasteiger partial charge in [0, 0.05) is 24.4 Å². The van der Waals surface area contributed by atoms with E-state index < -0.39 is 10.7 Å². The molecule has 0 spiro atoms. The highest BCUT2D eigenvalue weighted by Gasteiger charge is 2.14. The minimum absolute atomic E-state index is 0.0103. The number of rotatable bonds is 9. The summed E-state index contributed by atoms with van der Waals surface area (Å²) in [5, 5.41) is 14.3. The number of benzene rings is 3. The van der Waals surface area contributed by atoms with Gasteiger partial charge in [-0.25, -0.2) is 4.39 Å². The molecule has 0 unspecified atom stereocenters. The Morgan fingerprint density at radius 1 is 1.00 bits per heavy atom. The molecule has 0 aliphatic heterocycles. The molecule has 0 radical (unpaired) electrons. The number of nitrogens with zero attached hydrogens (tertiary/aromatic N) is 1. The molecule has 31 heavy (non-hydrogen) atoms. The van der Waals surface area contributed by atoms with Gasteiger partial charge in [0.25, 0.3) is 5.69 Å². The molecular weight excluding hydrogens is 446 g/mol. The molecule has 6 nitrogen and oxygen atoms in total. The standard InChI is InChI=1S/C22H19Cl2FN2O4/c1-2-30-21-10-15(12-26-16-5-8-20(25)18(23)11-16)9-19(24)22(21)31-13-14-3-6-17(7-4-14)27(28)29/h3-11,26H,2,12-13H2,1H3. The molecule has 0 saturated carbocycles. The predicted molar refractivity (Wildman–Crippen MR) is 119 cm³/mol. The van der Waals surface area contributed by atoms with Crippen molar-refractivity contribution < 1.29 is 18.8 Å². The number of nitrogens with one attached hydrogen (secondary N) is 1. The number of hydrogen-bond acceptors (Lipinski definition) is 5. The van der Waals surface area contributed by atoms with E-state index in [0.717, 1.165) is 11.1 Å². The van der Waals surface area contributed by atoms with Gasteiger partial charge in [-0.2, -0.15) is 0 Å². The zero-order chi connectivity index (χ0) is 22.4. The predicted octanol–water partition coefficient (Wildman–Crippen LogP) is 6.63. The fourth-order valence-corrected chi connectivity index (χ4v) is 3.27. The van der Waals surface area contributed by atoms with Crippen molar-refractivity contribution in [2.24, 2.45) is 0 Å². The normalized spacial score (nSPS) is 10.6. The third-order valence-electron chi connectivity index (χ3n) is 4.32. The van der Waals surface area contributed by atoms with Gasteiger partial charge in [-0.15, -0.1) is 0 Å². The van der Waals surface area contributed by atoms with Crippen LogP contribution in [0.5, 0.6) is 11.5 Å². The maximum absolute atomic E-state index is 13.3. The molecule has 0 aliphatic carbocycles. The van der Waals surface area contributed by atoms with Crippen molar-refractivity contribution in [1.29, 1.82) is 0 Å². The van der Waals surface area contributed by atoms with E-state index in [1.54, 1.807) is 30.3 Å². The average Bonchev–Trinajstić information content (AvgIpc) is 2.74. The van der Waals surface area contributed by atoms with Crippen LogP contribution in [0, 0.1) is 15.9 Å². The van der Waals surface area contributed by atoms with Crippen LogP contribution in [0.25, 0.3) is 0 Å². The second-order valence-corrected chi connectivity index (χ2v) is 7.35. The molecule has 0 atom stereocenters. The van der Waals surface area contributed by atoms with Crippen LogP contribution in [0.3, 0.4) is 0 Å². The van der Waals surface area contributed by atoms with E-state index in [1.165, 1.54) is 24.3 Å². The molecule has 1 N–H and O–H groups in total. The van der Waals surface area contributed by atoms with Crippen LogP contribution in [0.4, 0.5) is 15.8 Å². The second kappa shape index (κ2) is 10.3. The fourth-order valence-electron chi connectivity index (χ4n) is 2.81. The van der Waals surface area contributed by atoms with Gasteiger partial charge in [-0.1, -0.05) is 23.2 Å². The Kier molecular flexibility index (Phi) is 7.55. The summed E-state index contributed by atoms with van der Waals surface area (Å²) in [5.74, 6) is 0.379. The zero-order valence-electron chi connectivity index (χ0n) is 16.5. The van der Waals surface area contributed by atoms with Crippen molar-refractivity contribution in [2.75, 3.05) is 11.9 Å². The van der Waals surface area contributed by atoms with Crippen molar-refractivity contribution in [1.82, 2.24) is 0 Å². The summed E-state index contributed by atoms with van der Waals surface area (Å²) in [5.41, 5.74) is 2.26. The third-order valence-corrected chi connectivity index (χ3v) is 4.89. The molecule has 0 amide bonds. The van der Waals surface area contributed by atoms with Gasteiger partial charge >= 0.3 is 0 Å². The van der Waals surface area contributed by atoms with E-state index in [-0.39, 0.29) is 17.3 Å². The van der Waals surface area contributed by atoms with Crippen molar-refractivity contribution in [3.8, 4) is 11.5 Å². The summed E-state index contributed by atoms with van der Waals surface area (Å²) in [7, 11) is 0. The lowest BCUT2D eigenvalue weighted by atomic mass is 10.2. The molecule has 0 bridgehead atoms. The number of nitro benzene ring substituents is 1. The van der Waals surface area contributed by atoms with Gasteiger partial charge < -0.3 is 14.8 Å². The summed E-state index contributed by atoms with van der Waals surface area (Å²) in [6, 6.07) is 14.0. The molecule has 0 aromatic heterocycles. The van der Waals surface area contributed by atoms with Crippen LogP contribution < -0.4 is 14.8 Å². The first-order valence-corrected chi connectivity index (χ1v) is 10.1.